The molecule has 2 aliphatic heterocycles. The van der Waals surface area contributed by atoms with E-state index in [-0.39, 0.29) is 50.3 Å². The third-order valence-electron chi connectivity index (χ3n) is 20.5. The number of fused-ring (bicyclic) bond motifs is 16. The lowest BCUT2D eigenvalue weighted by Crippen LogP contribution is -2.61. The quantitative estimate of drug-likeness (QED) is 0.149. The number of furan rings is 2. The minimum Gasteiger partial charge on any atom is -0.456 e. The molecule has 18 aromatic rings. The van der Waals surface area contributed by atoms with Crippen LogP contribution in [0.2, 0.25) is 0 Å². The molecular weight excluding hydrogens is 1200 g/mol. The van der Waals surface area contributed by atoms with Crippen LogP contribution >= 0.6 is 0 Å². The Kier molecular flexibility index (Phi) is 9.73. The third-order valence-corrected chi connectivity index (χ3v) is 20.5. The molecule has 0 N–H and O–H groups in total. The first kappa shape index (κ1) is 45.4. The van der Waals surface area contributed by atoms with Crippen LogP contribution in [0.4, 0.5) is 34.1 Å². The largest absolute Gasteiger partial charge is 0.456 e. The lowest BCUT2D eigenvalue weighted by Gasteiger charge is -2.45. The van der Waals surface area contributed by atoms with E-state index in [1.54, 1.807) is 4.57 Å². The Morgan fingerprint density at radius 1 is 0.323 bits per heavy atom. The van der Waals surface area contributed by atoms with Crippen LogP contribution in [0.1, 0.15) is 70.5 Å². The first-order valence-corrected chi connectivity index (χ1v) is 33.5. The van der Waals surface area contributed by atoms with Crippen LogP contribution < -0.4 is 26.2 Å². The third kappa shape index (κ3) is 8.56. The van der Waals surface area contributed by atoms with E-state index >= 15 is 0 Å². The lowest BCUT2D eigenvalue weighted by molar-refractivity contribution is 0.590. The van der Waals surface area contributed by atoms with E-state index < -0.39 is 73.2 Å². The highest BCUT2D eigenvalue weighted by atomic mass is 16.3. The second kappa shape index (κ2) is 21.2. The van der Waals surface area contributed by atoms with Crippen LogP contribution in [-0.4, -0.2) is 15.8 Å². The zero-order chi connectivity index (χ0) is 77.5. The Balaban J connectivity index is 1.03. The molecule has 0 saturated heterocycles. The second-order valence-corrected chi connectivity index (χ2v) is 28.2. The first-order valence-electron chi connectivity index (χ1n) is 40.0. The summed E-state index contributed by atoms with van der Waals surface area (Å²) < 4.78 is 140. The van der Waals surface area contributed by atoms with Gasteiger partial charge in [0, 0.05) is 71.9 Å². The maximum atomic E-state index is 9.86. The van der Waals surface area contributed by atoms with Crippen molar-refractivity contribution < 1.29 is 26.7 Å². The molecule has 6 nitrogen and oxygen atoms in total. The summed E-state index contributed by atoms with van der Waals surface area (Å²) in [5.41, 5.74) is 17.3. The predicted molar refractivity (Wildman–Crippen MR) is 417 cm³/mol. The molecule has 0 bridgehead atoms. The van der Waals surface area contributed by atoms with Gasteiger partial charge in [-0.05, 0) is 164 Å². The lowest BCUT2D eigenvalue weighted by atomic mass is 9.33. The first-order chi connectivity index (χ1) is 53.8. The highest BCUT2D eigenvalue weighted by Gasteiger charge is 2.46. The number of benzene rings is 14. The number of aromatic nitrogens is 2. The van der Waals surface area contributed by atoms with Crippen molar-refractivity contribution in [3.8, 4) is 44.8 Å². The van der Waals surface area contributed by atoms with Crippen molar-refractivity contribution in [1.82, 2.24) is 9.13 Å². The van der Waals surface area contributed by atoms with E-state index in [0.717, 1.165) is 104 Å². The Morgan fingerprint density at radius 2 is 0.778 bits per heavy atom. The SMILES string of the molecule is [2H]c1c([2H])c([2H])c(-c2ccc3c(c2)N(c2c(-c4ccccc4)ccc4oc5ccccc5c24)c2cc(-n4c5ccc(C(C)(C)C)cc5c5cc(C(C)(C)C)ccc54)cc4c2B3c2ccc(-n3c5c([2H])c([2H])c([2H])c([2H])c5c5c([2H])c([2H])c([2H])c([2H])c53)cc2N4c2c(-c3ccccc3)ccc3oc4ccccc4c23)c([2H])c1[2H]. The van der Waals surface area contributed by atoms with Crippen molar-refractivity contribution >= 4 is 145 Å². The number of hydrogen-bond donors (Lipinski definition) is 0. The summed E-state index contributed by atoms with van der Waals surface area (Å²) in [6.45, 7) is 12.6. The van der Waals surface area contributed by atoms with Gasteiger partial charge in [-0.1, -0.05) is 235 Å². The van der Waals surface area contributed by atoms with Crippen molar-refractivity contribution in [2.45, 2.75) is 52.4 Å². The maximum Gasteiger partial charge on any atom is 0.252 e. The number of anilines is 6. The Morgan fingerprint density at radius 3 is 1.30 bits per heavy atom. The van der Waals surface area contributed by atoms with Gasteiger partial charge in [-0.2, -0.15) is 0 Å². The van der Waals surface area contributed by atoms with E-state index in [4.69, 9.17) is 15.7 Å². The van der Waals surface area contributed by atoms with Crippen molar-refractivity contribution in [3.63, 3.8) is 0 Å². The summed E-state index contributed by atoms with van der Waals surface area (Å²) in [5.74, 6) is 0. The molecule has 0 aliphatic carbocycles. The summed E-state index contributed by atoms with van der Waals surface area (Å²) in [6, 6.07) is 68.1. The highest BCUT2D eigenvalue weighted by molar-refractivity contribution is 7.00. The van der Waals surface area contributed by atoms with Gasteiger partial charge in [0.25, 0.3) is 6.71 Å². The van der Waals surface area contributed by atoms with Crippen LogP contribution in [0.3, 0.4) is 0 Å². The molecule has 99 heavy (non-hydrogen) atoms. The molecule has 0 fully saturated rings. The standard InChI is InChI=1S/C92H67BN4O2/c1-91(2,3)60-39-46-76-70(51-60)71-52-61(92(4,5)6)40-47-77(71)95(76)63-54-80-88-81(55-63)97(90-65(58-28-14-9-15-29-58)43-49-85-87(90)69-33-19-23-37-83(69)99-85)79-53-62(94-74-34-20-16-30-66(74)67-31-17-21-35-75(67)94)41-45-73(79)93(88)72-44-38-59(56-24-10-7-11-25-56)50-78(72)96(80)89-64(57-26-12-8-13-27-57)42-48-84-86(89)68-32-18-22-36-82(68)98-84/h7-55H,1-6H3/i7D,10D,11D,16D,17D,20D,21D,24D,25D,30D,31D,34D,35D. The average Bonchev–Trinajstić information content (AvgIpc) is 1.19. The van der Waals surface area contributed by atoms with E-state index in [9.17, 15) is 11.0 Å². The van der Waals surface area contributed by atoms with Crippen LogP contribution in [0, 0.1) is 0 Å². The normalized spacial score (nSPS) is 14.9. The van der Waals surface area contributed by atoms with E-state index in [1.165, 1.54) is 0 Å². The van der Waals surface area contributed by atoms with Gasteiger partial charge in [0.15, 0.2) is 0 Å². The van der Waals surface area contributed by atoms with Gasteiger partial charge in [0.05, 0.1) is 67.7 Å². The van der Waals surface area contributed by atoms with Crippen molar-refractivity contribution in [1.29, 1.82) is 0 Å². The molecule has 0 atom stereocenters. The van der Waals surface area contributed by atoms with Gasteiger partial charge >= 0.3 is 0 Å². The topological polar surface area (TPSA) is 42.6 Å². The molecule has 0 spiro atoms. The fraction of sp³-hybridized carbons (Fsp3) is 0.0870. The van der Waals surface area contributed by atoms with Crippen LogP contribution in [-0.2, 0) is 10.8 Å². The summed E-state index contributed by atoms with van der Waals surface area (Å²) in [5, 5.41) is 5.15. The monoisotopic (exact) mass is 1280 g/mol. The van der Waals surface area contributed by atoms with E-state index in [0.29, 0.717) is 62.0 Å². The number of para-hydroxylation sites is 4. The van der Waals surface area contributed by atoms with Crippen molar-refractivity contribution in [3.05, 3.63) is 308 Å². The van der Waals surface area contributed by atoms with Gasteiger partial charge in [-0.25, -0.2) is 0 Å². The number of hydrogen-bond acceptors (Lipinski definition) is 4. The molecule has 0 saturated carbocycles. The van der Waals surface area contributed by atoms with Crippen molar-refractivity contribution in [2.24, 2.45) is 0 Å². The summed E-state index contributed by atoms with van der Waals surface area (Å²) in [4.78, 5) is 4.62. The molecule has 20 rings (SSSR count). The van der Waals surface area contributed by atoms with Gasteiger partial charge in [-0.15, -0.1) is 0 Å². The zero-order valence-electron chi connectivity index (χ0n) is 68.0. The smallest absolute Gasteiger partial charge is 0.252 e. The van der Waals surface area contributed by atoms with Gasteiger partial charge in [0.1, 0.15) is 22.3 Å². The minimum absolute atomic E-state index is 0.00892. The zero-order valence-corrected chi connectivity index (χ0v) is 55.0. The van der Waals surface area contributed by atoms with E-state index in [1.807, 2.05) is 121 Å². The Labute approximate surface area is 592 Å². The molecule has 470 valence electrons. The van der Waals surface area contributed by atoms with Gasteiger partial charge < -0.3 is 27.8 Å². The molecular formula is C92H67BN4O2. The summed E-state index contributed by atoms with van der Waals surface area (Å²) >= 11 is 0. The molecule has 2 aliphatic rings. The fourth-order valence-electron chi connectivity index (χ4n) is 15.9. The van der Waals surface area contributed by atoms with E-state index in [2.05, 4.69) is 153 Å². The average molecular weight is 1280 g/mol. The summed E-state index contributed by atoms with van der Waals surface area (Å²) in [6.07, 6.45) is 0. The molecule has 0 amide bonds. The fourth-order valence-corrected chi connectivity index (χ4v) is 15.9. The molecule has 0 radical (unpaired) electrons. The van der Waals surface area contributed by atoms with Crippen LogP contribution in [0.5, 0.6) is 0 Å². The molecule has 7 heteroatoms. The highest BCUT2D eigenvalue weighted by Crippen LogP contribution is 2.55. The molecule has 0 unspecified atom stereocenters. The Bertz CT molecular complexity index is 7060. The molecule has 6 heterocycles. The predicted octanol–water partition coefficient (Wildman–Crippen LogP) is 23.4. The number of nitrogens with zero attached hydrogens (tertiary/aromatic N) is 4. The van der Waals surface area contributed by atoms with Crippen LogP contribution in [0.25, 0.3) is 132 Å². The second-order valence-electron chi connectivity index (χ2n) is 28.2. The van der Waals surface area contributed by atoms with Gasteiger partial charge in [-0.3, -0.25) is 0 Å². The summed E-state index contributed by atoms with van der Waals surface area (Å²) in [7, 11) is 0. The molecule has 14 aromatic carbocycles. The minimum atomic E-state index is -0.754. The maximum absolute atomic E-state index is 9.86. The van der Waals surface area contributed by atoms with Crippen LogP contribution in [0.15, 0.2) is 306 Å². The van der Waals surface area contributed by atoms with Crippen molar-refractivity contribution in [2.75, 3.05) is 9.80 Å². The van der Waals surface area contributed by atoms with Gasteiger partial charge in [0.2, 0.25) is 0 Å². The number of rotatable bonds is 7. The Hall–Kier alpha value is -12.1. The molecule has 4 aromatic heterocycles.